The third-order valence-electron chi connectivity index (χ3n) is 5.28. The van der Waals surface area contributed by atoms with Crippen LogP contribution in [-0.4, -0.2) is 45.4 Å². The topological polar surface area (TPSA) is 60.0 Å². The third-order valence-corrected chi connectivity index (χ3v) is 5.28. The standard InChI is InChI=1S/C23H26N2O4/c1-16-13-18-5-3-4-6-19(18)25(16)10-9-24-22(26)8-7-17-14-20(27-2)23-21(15-17)28-11-12-29-23/h3-8,14-16H,9-13H2,1-2H3,(H,24,26)/b8-7+. The Morgan fingerprint density at radius 3 is 2.97 bits per heavy atom. The van der Waals surface area contributed by atoms with Gasteiger partial charge in [-0.2, -0.15) is 0 Å². The molecule has 2 aromatic carbocycles. The van der Waals surface area contributed by atoms with Gasteiger partial charge in [0.05, 0.1) is 7.11 Å². The quantitative estimate of drug-likeness (QED) is 0.763. The second kappa shape index (κ2) is 8.47. The van der Waals surface area contributed by atoms with E-state index in [9.17, 15) is 4.79 Å². The summed E-state index contributed by atoms with van der Waals surface area (Å²) < 4.78 is 16.6. The van der Waals surface area contributed by atoms with Gasteiger partial charge in [-0.1, -0.05) is 18.2 Å². The van der Waals surface area contributed by atoms with E-state index in [1.807, 2.05) is 12.1 Å². The van der Waals surface area contributed by atoms with Crippen LogP contribution >= 0.6 is 0 Å². The minimum Gasteiger partial charge on any atom is -0.493 e. The van der Waals surface area contributed by atoms with Crippen LogP contribution in [0.25, 0.3) is 6.08 Å². The van der Waals surface area contributed by atoms with Crippen molar-refractivity contribution in [2.45, 2.75) is 19.4 Å². The van der Waals surface area contributed by atoms with E-state index in [-0.39, 0.29) is 5.91 Å². The van der Waals surface area contributed by atoms with Crippen LogP contribution in [0, 0.1) is 0 Å². The average molecular weight is 394 g/mol. The summed E-state index contributed by atoms with van der Waals surface area (Å²) in [5, 5.41) is 2.97. The molecule has 2 aliphatic heterocycles. The second-order valence-corrected chi connectivity index (χ2v) is 7.25. The van der Waals surface area contributed by atoms with Gasteiger partial charge in [-0.3, -0.25) is 4.79 Å². The molecule has 2 aliphatic rings. The molecule has 0 aromatic heterocycles. The molecular weight excluding hydrogens is 368 g/mol. The predicted molar refractivity (Wildman–Crippen MR) is 113 cm³/mol. The van der Waals surface area contributed by atoms with Gasteiger partial charge in [0.15, 0.2) is 11.5 Å². The molecular formula is C23H26N2O4. The lowest BCUT2D eigenvalue weighted by molar-refractivity contribution is -0.116. The van der Waals surface area contributed by atoms with E-state index < -0.39 is 0 Å². The van der Waals surface area contributed by atoms with E-state index in [1.54, 1.807) is 13.2 Å². The minimum atomic E-state index is -0.126. The fraction of sp³-hybridized carbons (Fsp3) is 0.348. The SMILES string of the molecule is COc1cc(/C=C/C(=O)NCCN2c3ccccc3CC2C)cc2c1OCCO2. The number of para-hydroxylation sites is 1. The summed E-state index contributed by atoms with van der Waals surface area (Å²) in [6, 6.07) is 12.6. The van der Waals surface area contributed by atoms with Crippen molar-refractivity contribution in [3.63, 3.8) is 0 Å². The molecule has 0 spiro atoms. The maximum atomic E-state index is 12.3. The summed E-state index contributed by atoms with van der Waals surface area (Å²) in [4.78, 5) is 14.6. The van der Waals surface area contributed by atoms with Gasteiger partial charge in [0.2, 0.25) is 11.7 Å². The highest BCUT2D eigenvalue weighted by Gasteiger charge is 2.24. The fourth-order valence-electron chi connectivity index (χ4n) is 3.89. The first-order valence-electron chi connectivity index (χ1n) is 9.94. The first-order valence-corrected chi connectivity index (χ1v) is 9.94. The Bertz CT molecular complexity index is 908. The largest absolute Gasteiger partial charge is 0.493 e. The van der Waals surface area contributed by atoms with Gasteiger partial charge in [0.25, 0.3) is 0 Å². The molecule has 152 valence electrons. The fourth-order valence-corrected chi connectivity index (χ4v) is 3.89. The number of rotatable bonds is 6. The minimum absolute atomic E-state index is 0.126. The van der Waals surface area contributed by atoms with Crippen molar-refractivity contribution in [2.75, 3.05) is 38.3 Å². The summed E-state index contributed by atoms with van der Waals surface area (Å²) in [6.45, 7) is 4.60. The second-order valence-electron chi connectivity index (χ2n) is 7.25. The van der Waals surface area contributed by atoms with E-state index in [4.69, 9.17) is 14.2 Å². The molecule has 0 aliphatic carbocycles. The van der Waals surface area contributed by atoms with Gasteiger partial charge in [-0.05, 0) is 48.7 Å². The van der Waals surface area contributed by atoms with E-state index in [0.29, 0.717) is 43.0 Å². The number of carbonyl (C=O) groups excluding carboxylic acids is 1. The molecule has 6 heteroatoms. The molecule has 0 bridgehead atoms. The highest BCUT2D eigenvalue weighted by atomic mass is 16.6. The van der Waals surface area contributed by atoms with Crippen LogP contribution in [0.15, 0.2) is 42.5 Å². The van der Waals surface area contributed by atoms with E-state index in [0.717, 1.165) is 18.5 Å². The number of anilines is 1. The lowest BCUT2D eigenvalue weighted by Gasteiger charge is -2.24. The molecule has 0 saturated carbocycles. The number of methoxy groups -OCH3 is 1. The van der Waals surface area contributed by atoms with Gasteiger partial charge in [0.1, 0.15) is 13.2 Å². The Morgan fingerprint density at radius 1 is 1.28 bits per heavy atom. The van der Waals surface area contributed by atoms with Crippen molar-refractivity contribution in [3.05, 3.63) is 53.6 Å². The first-order chi connectivity index (χ1) is 14.2. The summed E-state index contributed by atoms with van der Waals surface area (Å²) in [6.07, 6.45) is 4.34. The zero-order chi connectivity index (χ0) is 20.2. The van der Waals surface area contributed by atoms with E-state index >= 15 is 0 Å². The van der Waals surface area contributed by atoms with Gasteiger partial charge < -0.3 is 24.4 Å². The smallest absolute Gasteiger partial charge is 0.244 e. The highest BCUT2D eigenvalue weighted by molar-refractivity contribution is 5.92. The molecule has 0 radical (unpaired) electrons. The summed E-state index contributed by atoms with van der Waals surface area (Å²) >= 11 is 0. The third kappa shape index (κ3) is 4.16. The van der Waals surface area contributed by atoms with E-state index in [2.05, 4.69) is 41.4 Å². The predicted octanol–water partition coefficient (Wildman–Crippen LogP) is 3.05. The number of hydrogen-bond acceptors (Lipinski definition) is 5. The zero-order valence-electron chi connectivity index (χ0n) is 16.8. The zero-order valence-corrected chi connectivity index (χ0v) is 16.8. The molecule has 4 rings (SSSR count). The molecule has 0 fully saturated rings. The van der Waals surface area contributed by atoms with Crippen molar-refractivity contribution < 1.29 is 19.0 Å². The Balaban J connectivity index is 1.34. The molecule has 1 atom stereocenters. The maximum Gasteiger partial charge on any atom is 0.244 e. The van der Waals surface area contributed by atoms with Gasteiger partial charge >= 0.3 is 0 Å². The molecule has 1 amide bonds. The van der Waals surface area contributed by atoms with Crippen molar-refractivity contribution in [2.24, 2.45) is 0 Å². The number of ether oxygens (including phenoxy) is 3. The molecule has 0 saturated heterocycles. The van der Waals surface area contributed by atoms with Crippen molar-refractivity contribution in [1.82, 2.24) is 5.32 Å². The van der Waals surface area contributed by atoms with Crippen LogP contribution in [0.5, 0.6) is 17.2 Å². The van der Waals surface area contributed by atoms with Crippen LogP contribution in [0.1, 0.15) is 18.1 Å². The number of benzene rings is 2. The summed E-state index contributed by atoms with van der Waals surface area (Å²) in [5.74, 6) is 1.72. The van der Waals surface area contributed by atoms with Crippen LogP contribution in [0.4, 0.5) is 5.69 Å². The Kier molecular flexibility index (Phi) is 5.60. The van der Waals surface area contributed by atoms with Crippen molar-refractivity contribution in [3.8, 4) is 17.2 Å². The number of nitrogens with one attached hydrogen (secondary N) is 1. The molecule has 6 nitrogen and oxygen atoms in total. The highest BCUT2D eigenvalue weighted by Crippen LogP contribution is 2.40. The number of carbonyl (C=O) groups is 1. The maximum absolute atomic E-state index is 12.3. The van der Waals surface area contributed by atoms with Crippen LogP contribution < -0.4 is 24.4 Å². The van der Waals surface area contributed by atoms with Crippen molar-refractivity contribution >= 4 is 17.7 Å². The first kappa shape index (κ1) is 19.2. The van der Waals surface area contributed by atoms with Crippen molar-refractivity contribution in [1.29, 1.82) is 0 Å². The summed E-state index contributed by atoms with van der Waals surface area (Å²) in [5.41, 5.74) is 3.47. The number of hydrogen-bond donors (Lipinski definition) is 1. The molecule has 2 aromatic rings. The Hall–Kier alpha value is -3.15. The molecule has 29 heavy (non-hydrogen) atoms. The molecule has 1 N–H and O–H groups in total. The lowest BCUT2D eigenvalue weighted by Crippen LogP contribution is -2.37. The van der Waals surface area contributed by atoms with Crippen LogP contribution in [0.3, 0.4) is 0 Å². The molecule has 2 heterocycles. The van der Waals surface area contributed by atoms with Gasteiger partial charge in [-0.25, -0.2) is 0 Å². The van der Waals surface area contributed by atoms with Crippen LogP contribution in [-0.2, 0) is 11.2 Å². The van der Waals surface area contributed by atoms with Crippen LogP contribution in [0.2, 0.25) is 0 Å². The Morgan fingerprint density at radius 2 is 2.10 bits per heavy atom. The Labute approximate surface area is 171 Å². The summed E-state index contributed by atoms with van der Waals surface area (Å²) in [7, 11) is 1.59. The van der Waals surface area contributed by atoms with E-state index in [1.165, 1.54) is 17.3 Å². The average Bonchev–Trinajstić information content (AvgIpc) is 3.07. The normalized spacial score (nSPS) is 17.3. The number of nitrogens with zero attached hydrogens (tertiary/aromatic N) is 1. The van der Waals surface area contributed by atoms with Gasteiger partial charge in [0, 0.05) is 30.9 Å². The lowest BCUT2D eigenvalue weighted by atomic mass is 10.1. The number of amides is 1. The molecule has 1 unspecified atom stereocenters. The van der Waals surface area contributed by atoms with Gasteiger partial charge in [-0.15, -0.1) is 0 Å². The number of fused-ring (bicyclic) bond motifs is 2. The monoisotopic (exact) mass is 394 g/mol.